The van der Waals surface area contributed by atoms with Crippen LogP contribution in [0.3, 0.4) is 0 Å². The van der Waals surface area contributed by atoms with E-state index in [1.807, 2.05) is 4.68 Å². The number of nitrogens with zero attached hydrogens (tertiary/aromatic N) is 4. The molecule has 0 bridgehead atoms. The summed E-state index contributed by atoms with van der Waals surface area (Å²) in [6, 6.07) is 4.27. The molecule has 0 saturated heterocycles. The lowest BCUT2D eigenvalue weighted by Crippen LogP contribution is -2.19. The molecule has 1 aromatic carbocycles. The van der Waals surface area contributed by atoms with Crippen molar-refractivity contribution in [3.63, 3.8) is 0 Å². The molecule has 0 radical (unpaired) electrons. The molecule has 16 heavy (non-hydrogen) atoms. The van der Waals surface area contributed by atoms with Crippen molar-refractivity contribution in [2.24, 2.45) is 0 Å². The zero-order chi connectivity index (χ0) is 11.7. The summed E-state index contributed by atoms with van der Waals surface area (Å²) >= 11 is 0. The standard InChI is InChI=1S/C12H18N4/c1-9-7-11-12(8-10(9)2)16(14-13-11)6-5-15(3)4/h7-8H,5-6H2,1-4H3. The summed E-state index contributed by atoms with van der Waals surface area (Å²) in [6.45, 7) is 6.09. The topological polar surface area (TPSA) is 34.0 Å². The van der Waals surface area contributed by atoms with Crippen molar-refractivity contribution >= 4 is 11.0 Å². The fourth-order valence-corrected chi connectivity index (χ4v) is 1.68. The highest BCUT2D eigenvalue weighted by Gasteiger charge is 2.06. The predicted molar refractivity (Wildman–Crippen MR) is 65.6 cm³/mol. The summed E-state index contributed by atoms with van der Waals surface area (Å²) in [5.41, 5.74) is 4.68. The number of aromatic nitrogens is 3. The van der Waals surface area contributed by atoms with Crippen molar-refractivity contribution in [2.75, 3.05) is 20.6 Å². The van der Waals surface area contributed by atoms with Crippen LogP contribution in [-0.4, -0.2) is 40.5 Å². The molecule has 0 aliphatic heterocycles. The normalized spacial score (nSPS) is 11.6. The number of fused-ring (bicyclic) bond motifs is 1. The average Bonchev–Trinajstić information content (AvgIpc) is 2.58. The highest BCUT2D eigenvalue weighted by atomic mass is 15.4. The highest BCUT2D eigenvalue weighted by Crippen LogP contribution is 2.16. The fraction of sp³-hybridized carbons (Fsp3) is 0.500. The monoisotopic (exact) mass is 218 g/mol. The Kier molecular flexibility index (Phi) is 2.92. The van der Waals surface area contributed by atoms with Crippen LogP contribution in [0, 0.1) is 13.8 Å². The molecule has 0 amide bonds. The van der Waals surface area contributed by atoms with E-state index in [1.54, 1.807) is 0 Å². The van der Waals surface area contributed by atoms with E-state index in [0.717, 1.165) is 24.1 Å². The molecule has 0 saturated carbocycles. The molecule has 4 nitrogen and oxygen atoms in total. The van der Waals surface area contributed by atoms with E-state index in [0.29, 0.717) is 0 Å². The molecule has 0 fully saturated rings. The van der Waals surface area contributed by atoms with Gasteiger partial charge in [-0.3, -0.25) is 0 Å². The average molecular weight is 218 g/mol. The first kappa shape index (κ1) is 11.1. The van der Waals surface area contributed by atoms with Gasteiger partial charge >= 0.3 is 0 Å². The van der Waals surface area contributed by atoms with Crippen molar-refractivity contribution in [2.45, 2.75) is 20.4 Å². The second kappa shape index (κ2) is 4.22. The van der Waals surface area contributed by atoms with Gasteiger partial charge in [0.2, 0.25) is 0 Å². The summed E-state index contributed by atoms with van der Waals surface area (Å²) in [4.78, 5) is 2.15. The quantitative estimate of drug-likeness (QED) is 0.785. The molecule has 2 aromatic rings. The third-order valence-corrected chi connectivity index (χ3v) is 2.89. The lowest BCUT2D eigenvalue weighted by molar-refractivity contribution is 0.374. The van der Waals surface area contributed by atoms with Crippen LogP contribution >= 0.6 is 0 Å². The van der Waals surface area contributed by atoms with E-state index in [2.05, 4.69) is 55.3 Å². The first-order valence-electron chi connectivity index (χ1n) is 5.53. The van der Waals surface area contributed by atoms with E-state index < -0.39 is 0 Å². The second-order valence-corrected chi connectivity index (χ2v) is 4.54. The minimum atomic E-state index is 0.881. The van der Waals surface area contributed by atoms with Crippen LogP contribution in [0.5, 0.6) is 0 Å². The van der Waals surface area contributed by atoms with Gasteiger partial charge in [-0.2, -0.15) is 0 Å². The SMILES string of the molecule is Cc1cc2nnn(CCN(C)C)c2cc1C. The first-order valence-corrected chi connectivity index (χ1v) is 5.53. The van der Waals surface area contributed by atoms with Crippen LogP contribution in [0.4, 0.5) is 0 Å². The van der Waals surface area contributed by atoms with Gasteiger partial charge in [0.05, 0.1) is 12.1 Å². The molecule has 0 spiro atoms. The summed E-state index contributed by atoms with van der Waals surface area (Å²) < 4.78 is 1.97. The summed E-state index contributed by atoms with van der Waals surface area (Å²) in [6.07, 6.45) is 0. The number of benzene rings is 1. The fourth-order valence-electron chi connectivity index (χ4n) is 1.68. The minimum absolute atomic E-state index is 0.881. The number of rotatable bonds is 3. The van der Waals surface area contributed by atoms with Crippen LogP contribution in [0.15, 0.2) is 12.1 Å². The Labute approximate surface area is 95.9 Å². The highest BCUT2D eigenvalue weighted by molar-refractivity contribution is 5.76. The van der Waals surface area contributed by atoms with Crippen molar-refractivity contribution in [3.8, 4) is 0 Å². The number of hydrogen-bond acceptors (Lipinski definition) is 3. The van der Waals surface area contributed by atoms with E-state index in [1.165, 1.54) is 11.1 Å². The van der Waals surface area contributed by atoms with Gasteiger partial charge in [-0.05, 0) is 51.2 Å². The Morgan fingerprint density at radius 1 is 1.19 bits per heavy atom. The van der Waals surface area contributed by atoms with Crippen molar-refractivity contribution in [3.05, 3.63) is 23.3 Å². The van der Waals surface area contributed by atoms with Gasteiger partial charge < -0.3 is 4.90 Å². The molecule has 0 unspecified atom stereocenters. The van der Waals surface area contributed by atoms with Crippen LogP contribution < -0.4 is 0 Å². The van der Waals surface area contributed by atoms with Gasteiger partial charge in [-0.25, -0.2) is 4.68 Å². The Balaban J connectivity index is 2.36. The molecule has 2 rings (SSSR count). The predicted octanol–water partition coefficient (Wildman–Crippen LogP) is 1.61. The summed E-state index contributed by atoms with van der Waals surface area (Å²) in [5, 5.41) is 8.38. The molecule has 0 N–H and O–H groups in total. The zero-order valence-electron chi connectivity index (χ0n) is 10.4. The number of hydrogen-bond donors (Lipinski definition) is 0. The van der Waals surface area contributed by atoms with Gasteiger partial charge in [-0.1, -0.05) is 5.21 Å². The second-order valence-electron chi connectivity index (χ2n) is 4.54. The largest absolute Gasteiger partial charge is 0.308 e. The Morgan fingerprint density at radius 3 is 2.56 bits per heavy atom. The van der Waals surface area contributed by atoms with Crippen LogP contribution in [0.25, 0.3) is 11.0 Å². The number of likely N-dealkylation sites (N-methyl/N-ethyl adjacent to an activating group) is 1. The van der Waals surface area contributed by atoms with E-state index in [-0.39, 0.29) is 0 Å². The third-order valence-electron chi connectivity index (χ3n) is 2.89. The minimum Gasteiger partial charge on any atom is -0.308 e. The Hall–Kier alpha value is -1.42. The Bertz CT molecular complexity index is 499. The van der Waals surface area contributed by atoms with E-state index in [9.17, 15) is 0 Å². The van der Waals surface area contributed by atoms with Crippen LogP contribution in [0.1, 0.15) is 11.1 Å². The van der Waals surface area contributed by atoms with E-state index in [4.69, 9.17) is 0 Å². The maximum atomic E-state index is 4.19. The molecular formula is C12H18N4. The van der Waals surface area contributed by atoms with Crippen molar-refractivity contribution < 1.29 is 0 Å². The molecular weight excluding hydrogens is 200 g/mol. The molecule has 0 aliphatic rings. The lowest BCUT2D eigenvalue weighted by atomic mass is 10.1. The first-order chi connectivity index (χ1) is 7.58. The van der Waals surface area contributed by atoms with Crippen molar-refractivity contribution in [1.29, 1.82) is 0 Å². The summed E-state index contributed by atoms with van der Waals surface area (Å²) in [5.74, 6) is 0. The lowest BCUT2D eigenvalue weighted by Gasteiger charge is -2.09. The summed E-state index contributed by atoms with van der Waals surface area (Å²) in [7, 11) is 4.13. The van der Waals surface area contributed by atoms with Crippen LogP contribution in [0.2, 0.25) is 0 Å². The maximum absolute atomic E-state index is 4.19. The van der Waals surface area contributed by atoms with Gasteiger partial charge in [0.1, 0.15) is 5.52 Å². The molecule has 4 heteroatoms. The maximum Gasteiger partial charge on any atom is 0.113 e. The van der Waals surface area contributed by atoms with Crippen molar-refractivity contribution in [1.82, 2.24) is 19.9 Å². The van der Waals surface area contributed by atoms with Gasteiger partial charge in [0.15, 0.2) is 0 Å². The number of aryl methyl sites for hydroxylation is 2. The van der Waals surface area contributed by atoms with Gasteiger partial charge in [0.25, 0.3) is 0 Å². The molecule has 0 aliphatic carbocycles. The van der Waals surface area contributed by atoms with E-state index >= 15 is 0 Å². The Morgan fingerprint density at radius 2 is 1.88 bits per heavy atom. The van der Waals surface area contributed by atoms with Crippen LogP contribution in [-0.2, 0) is 6.54 Å². The molecule has 1 heterocycles. The zero-order valence-corrected chi connectivity index (χ0v) is 10.4. The van der Waals surface area contributed by atoms with Gasteiger partial charge in [-0.15, -0.1) is 5.10 Å². The molecule has 0 atom stereocenters. The van der Waals surface area contributed by atoms with Gasteiger partial charge in [0, 0.05) is 6.54 Å². The smallest absolute Gasteiger partial charge is 0.113 e. The molecule has 86 valence electrons. The molecule has 1 aromatic heterocycles. The third kappa shape index (κ3) is 2.07.